The quantitative estimate of drug-likeness (QED) is 0.409. The maximum atomic E-state index is 12.7. The molecule has 0 unspecified atom stereocenters. The van der Waals surface area contributed by atoms with Crippen LogP contribution in [0.4, 0.5) is 4.79 Å². The van der Waals surface area contributed by atoms with Crippen molar-refractivity contribution in [3.8, 4) is 11.3 Å². The van der Waals surface area contributed by atoms with Gasteiger partial charge in [0.05, 0.1) is 11.4 Å². The molecule has 1 amide bonds. The number of aromatic amines is 1. The number of pyridine rings is 1. The molecular formula is C27H33BrN4O4. The van der Waals surface area contributed by atoms with Crippen molar-refractivity contribution in [2.45, 2.75) is 58.3 Å². The summed E-state index contributed by atoms with van der Waals surface area (Å²) < 4.78 is 6.43. The highest BCUT2D eigenvalue weighted by molar-refractivity contribution is 9.10. The number of aromatic nitrogens is 3. The third-order valence-electron chi connectivity index (χ3n) is 6.56. The molecule has 1 atom stereocenters. The maximum absolute atomic E-state index is 12.7. The second kappa shape index (κ2) is 8.97. The van der Waals surface area contributed by atoms with Crippen molar-refractivity contribution in [2.24, 2.45) is 5.41 Å². The molecule has 1 aliphatic rings. The molecule has 1 fully saturated rings. The first-order valence-corrected chi connectivity index (χ1v) is 12.6. The summed E-state index contributed by atoms with van der Waals surface area (Å²) >= 11 is 3.47. The Morgan fingerprint density at radius 3 is 2.25 bits per heavy atom. The highest BCUT2D eigenvalue weighted by Gasteiger charge is 2.58. The van der Waals surface area contributed by atoms with Crippen molar-refractivity contribution in [3.63, 3.8) is 0 Å². The molecule has 1 saturated heterocycles. The van der Waals surface area contributed by atoms with E-state index in [9.17, 15) is 15.0 Å². The lowest BCUT2D eigenvalue weighted by Crippen LogP contribution is -2.66. The Balaban J connectivity index is 1.74. The van der Waals surface area contributed by atoms with E-state index in [1.165, 1.54) is 0 Å². The van der Waals surface area contributed by atoms with Gasteiger partial charge in [0.2, 0.25) is 0 Å². The summed E-state index contributed by atoms with van der Waals surface area (Å²) in [5.41, 5.74) is -0.683. The third kappa shape index (κ3) is 4.92. The summed E-state index contributed by atoms with van der Waals surface area (Å²) in [7, 11) is 0. The van der Waals surface area contributed by atoms with Gasteiger partial charge in [0.1, 0.15) is 16.8 Å². The predicted octanol–water partition coefficient (Wildman–Crippen LogP) is 4.95. The van der Waals surface area contributed by atoms with Crippen LogP contribution in [0.2, 0.25) is 0 Å². The fraction of sp³-hybridized carbons (Fsp3) is 0.444. The third-order valence-corrected chi connectivity index (χ3v) is 7.08. The second-order valence-corrected chi connectivity index (χ2v) is 12.2. The van der Waals surface area contributed by atoms with Gasteiger partial charge in [-0.2, -0.15) is 5.10 Å². The van der Waals surface area contributed by atoms with E-state index in [0.29, 0.717) is 41.2 Å². The predicted molar refractivity (Wildman–Crippen MR) is 140 cm³/mol. The van der Waals surface area contributed by atoms with Crippen LogP contribution < -0.4 is 0 Å². The summed E-state index contributed by atoms with van der Waals surface area (Å²) in [5, 5.41) is 30.0. The number of hydrogen-bond donors (Lipinski definition) is 3. The minimum atomic E-state index is -1.45. The van der Waals surface area contributed by atoms with Crippen LogP contribution in [0.5, 0.6) is 0 Å². The molecule has 192 valence electrons. The Morgan fingerprint density at radius 2 is 1.69 bits per heavy atom. The summed E-state index contributed by atoms with van der Waals surface area (Å²) in [6.07, 6.45) is 2.92. The number of aliphatic hydroxyl groups is 2. The standard InChI is InChI=1S/C27H33BrN4O4/c1-24(2,3)36-23(33)32-15-26(6,16-32)27(35,18-7-9-20(28)10-8-18)19-11-17(13-29-14-19)21-12-22(31-30-21)25(4,5)34/h7-14,34-35H,15-16H2,1-6H3,(H,30,31)/t27-/m0/s1. The van der Waals surface area contributed by atoms with E-state index in [2.05, 4.69) is 31.1 Å². The fourth-order valence-electron chi connectivity index (χ4n) is 4.60. The number of carbonyl (C=O) groups excluding carboxylic acids is 1. The number of hydrogen-bond acceptors (Lipinski definition) is 6. The zero-order valence-corrected chi connectivity index (χ0v) is 23.0. The first-order valence-electron chi connectivity index (χ1n) is 11.8. The number of rotatable bonds is 5. The van der Waals surface area contributed by atoms with Crippen LogP contribution in [0.15, 0.2) is 53.3 Å². The molecule has 1 aliphatic heterocycles. The van der Waals surface area contributed by atoms with Crippen LogP contribution in [0.25, 0.3) is 11.3 Å². The van der Waals surface area contributed by atoms with E-state index in [1.807, 2.05) is 58.0 Å². The Hall–Kier alpha value is -2.75. The van der Waals surface area contributed by atoms with E-state index in [-0.39, 0.29) is 0 Å². The van der Waals surface area contributed by atoms with E-state index >= 15 is 0 Å². The topological polar surface area (TPSA) is 112 Å². The zero-order chi connectivity index (χ0) is 26.5. The van der Waals surface area contributed by atoms with Gasteiger partial charge in [-0.3, -0.25) is 10.1 Å². The Kier molecular flexibility index (Phi) is 6.56. The number of H-pyrrole nitrogens is 1. The van der Waals surface area contributed by atoms with Crippen molar-refractivity contribution >= 4 is 22.0 Å². The smallest absolute Gasteiger partial charge is 0.410 e. The maximum Gasteiger partial charge on any atom is 0.410 e. The van der Waals surface area contributed by atoms with E-state index in [4.69, 9.17) is 4.74 Å². The number of nitrogens with one attached hydrogen (secondary N) is 1. The molecule has 9 heteroatoms. The van der Waals surface area contributed by atoms with E-state index < -0.39 is 28.3 Å². The molecule has 0 bridgehead atoms. The van der Waals surface area contributed by atoms with Crippen molar-refractivity contribution in [1.29, 1.82) is 0 Å². The number of benzene rings is 1. The average molecular weight is 557 g/mol. The first-order chi connectivity index (χ1) is 16.6. The Bertz CT molecular complexity index is 1250. The normalized spacial score (nSPS) is 17.3. The lowest BCUT2D eigenvalue weighted by Gasteiger charge is -2.56. The number of ether oxygens (including phenoxy) is 1. The molecule has 3 N–H and O–H groups in total. The molecule has 0 radical (unpaired) electrons. The minimum absolute atomic E-state index is 0.309. The summed E-state index contributed by atoms with van der Waals surface area (Å²) in [6.45, 7) is 11.4. The zero-order valence-electron chi connectivity index (χ0n) is 21.5. The number of likely N-dealkylation sites (tertiary alicyclic amines) is 1. The van der Waals surface area contributed by atoms with Crippen LogP contribution in [-0.4, -0.2) is 55.1 Å². The summed E-state index contributed by atoms with van der Waals surface area (Å²) in [5.74, 6) is 0. The number of amides is 1. The van der Waals surface area contributed by atoms with E-state index in [1.54, 1.807) is 37.2 Å². The first kappa shape index (κ1) is 26.3. The van der Waals surface area contributed by atoms with Gasteiger partial charge in [-0.25, -0.2) is 4.79 Å². The van der Waals surface area contributed by atoms with Crippen molar-refractivity contribution in [3.05, 3.63) is 70.1 Å². The van der Waals surface area contributed by atoms with Crippen molar-refractivity contribution in [2.75, 3.05) is 13.1 Å². The monoisotopic (exact) mass is 556 g/mol. The Labute approximate surface area is 219 Å². The molecule has 8 nitrogen and oxygen atoms in total. The molecule has 36 heavy (non-hydrogen) atoms. The van der Waals surface area contributed by atoms with Gasteiger partial charge in [-0.15, -0.1) is 0 Å². The molecular weight excluding hydrogens is 524 g/mol. The number of carbonyl (C=O) groups is 1. The molecule has 0 saturated carbocycles. The average Bonchev–Trinajstić information content (AvgIpc) is 3.27. The fourth-order valence-corrected chi connectivity index (χ4v) is 4.86. The highest BCUT2D eigenvalue weighted by atomic mass is 79.9. The van der Waals surface area contributed by atoms with Gasteiger partial charge in [0.25, 0.3) is 0 Å². The second-order valence-electron chi connectivity index (χ2n) is 11.3. The van der Waals surface area contributed by atoms with Gasteiger partial charge in [0, 0.05) is 46.5 Å². The van der Waals surface area contributed by atoms with Crippen LogP contribution in [0.3, 0.4) is 0 Å². The molecule has 0 spiro atoms. The highest BCUT2D eigenvalue weighted by Crippen LogP contribution is 2.51. The molecule has 0 aliphatic carbocycles. The van der Waals surface area contributed by atoms with Crippen molar-refractivity contribution in [1.82, 2.24) is 20.1 Å². The Morgan fingerprint density at radius 1 is 1.06 bits per heavy atom. The molecule has 4 rings (SSSR count). The summed E-state index contributed by atoms with van der Waals surface area (Å²) in [6, 6.07) is 11.1. The molecule has 3 aromatic rings. The van der Waals surface area contributed by atoms with Crippen LogP contribution in [0, 0.1) is 5.41 Å². The molecule has 2 aromatic heterocycles. The van der Waals surface area contributed by atoms with Gasteiger partial charge >= 0.3 is 6.09 Å². The summed E-state index contributed by atoms with van der Waals surface area (Å²) in [4.78, 5) is 18.7. The minimum Gasteiger partial charge on any atom is -0.444 e. The molecule has 1 aromatic carbocycles. The number of halogens is 1. The lowest BCUT2D eigenvalue weighted by atomic mass is 9.62. The van der Waals surface area contributed by atoms with Gasteiger partial charge < -0.3 is 19.8 Å². The largest absolute Gasteiger partial charge is 0.444 e. The molecule has 3 heterocycles. The van der Waals surface area contributed by atoms with Gasteiger partial charge in [-0.05, 0) is 64.4 Å². The van der Waals surface area contributed by atoms with E-state index in [0.717, 1.165) is 4.47 Å². The number of nitrogens with zero attached hydrogens (tertiary/aromatic N) is 3. The van der Waals surface area contributed by atoms with Crippen LogP contribution in [0.1, 0.15) is 58.4 Å². The van der Waals surface area contributed by atoms with Gasteiger partial charge in [0.15, 0.2) is 0 Å². The van der Waals surface area contributed by atoms with Crippen LogP contribution in [-0.2, 0) is 15.9 Å². The van der Waals surface area contributed by atoms with Crippen LogP contribution >= 0.6 is 15.9 Å². The lowest BCUT2D eigenvalue weighted by molar-refractivity contribution is -0.131. The van der Waals surface area contributed by atoms with Gasteiger partial charge in [-0.1, -0.05) is 35.0 Å². The van der Waals surface area contributed by atoms with Crippen molar-refractivity contribution < 1.29 is 19.7 Å². The SMILES string of the molecule is CC(C)(C)OC(=O)N1CC(C)([C@](O)(c2ccc(Br)cc2)c2cncc(-c3cc(C(C)(C)O)[nH]n3)c2)C1.